The number of thiophene rings is 1. The van der Waals surface area contributed by atoms with Gasteiger partial charge in [-0.3, -0.25) is 0 Å². The van der Waals surface area contributed by atoms with E-state index in [9.17, 15) is 8.42 Å². The van der Waals surface area contributed by atoms with Crippen molar-refractivity contribution in [3.63, 3.8) is 0 Å². The van der Waals surface area contributed by atoms with Crippen LogP contribution in [0, 0.1) is 5.92 Å². The third-order valence-electron chi connectivity index (χ3n) is 2.76. The van der Waals surface area contributed by atoms with Crippen LogP contribution in [0.2, 0.25) is 0 Å². The predicted molar refractivity (Wildman–Crippen MR) is 78.2 cm³/mol. The van der Waals surface area contributed by atoms with Gasteiger partial charge in [0, 0.05) is 15.9 Å². The van der Waals surface area contributed by atoms with Crippen LogP contribution in [-0.4, -0.2) is 26.5 Å². The van der Waals surface area contributed by atoms with Crippen molar-refractivity contribution in [2.45, 2.75) is 13.0 Å². The molecule has 3 nitrogen and oxygen atoms in total. The zero-order valence-corrected chi connectivity index (χ0v) is 13.9. The third-order valence-corrected chi connectivity index (χ3v) is 7.85. The maximum atomic E-state index is 11.3. The van der Waals surface area contributed by atoms with E-state index in [4.69, 9.17) is 0 Å². The first-order chi connectivity index (χ1) is 7.96. The Balaban J connectivity index is 1.77. The molecule has 2 heterocycles. The average molecular weight is 403 g/mol. The lowest BCUT2D eigenvalue weighted by atomic mass is 10.1. The summed E-state index contributed by atoms with van der Waals surface area (Å²) >= 11 is 8.58. The van der Waals surface area contributed by atoms with Crippen molar-refractivity contribution < 1.29 is 8.42 Å². The monoisotopic (exact) mass is 401 g/mol. The van der Waals surface area contributed by atoms with Crippen LogP contribution in [0.15, 0.2) is 14.3 Å². The molecule has 1 N–H and O–H groups in total. The van der Waals surface area contributed by atoms with Crippen LogP contribution < -0.4 is 5.32 Å². The second-order valence-corrected chi connectivity index (χ2v) is 9.77. The number of hydrogen-bond acceptors (Lipinski definition) is 4. The smallest absolute Gasteiger partial charge is 0.150 e. The van der Waals surface area contributed by atoms with Crippen LogP contribution in [0.4, 0.5) is 0 Å². The number of rotatable bonds is 4. The summed E-state index contributed by atoms with van der Waals surface area (Å²) in [6.07, 6.45) is 0.799. The summed E-state index contributed by atoms with van der Waals surface area (Å²) in [5.41, 5.74) is 0. The Labute approximate surface area is 122 Å². The lowest BCUT2D eigenvalue weighted by Crippen LogP contribution is -2.22. The van der Waals surface area contributed by atoms with E-state index in [1.807, 2.05) is 0 Å². The van der Waals surface area contributed by atoms with Crippen molar-refractivity contribution >= 4 is 53.0 Å². The minimum Gasteiger partial charge on any atom is -0.312 e. The van der Waals surface area contributed by atoms with Crippen LogP contribution in [0.1, 0.15) is 11.3 Å². The topological polar surface area (TPSA) is 46.2 Å². The quantitative estimate of drug-likeness (QED) is 0.842. The molecule has 0 saturated carbocycles. The molecule has 17 heavy (non-hydrogen) atoms. The SMILES string of the molecule is O=S1(=O)CCC(CNCc2cc(Br)c(Br)s2)C1. The zero-order valence-electron chi connectivity index (χ0n) is 9.08. The summed E-state index contributed by atoms with van der Waals surface area (Å²) in [7, 11) is -2.75. The Kier molecular flexibility index (Phi) is 4.68. The van der Waals surface area contributed by atoms with E-state index in [2.05, 4.69) is 43.2 Å². The van der Waals surface area contributed by atoms with Crippen molar-refractivity contribution in [1.82, 2.24) is 5.32 Å². The maximum Gasteiger partial charge on any atom is 0.150 e. The first-order valence-electron chi connectivity index (χ1n) is 5.31. The van der Waals surface area contributed by atoms with Gasteiger partial charge in [-0.25, -0.2) is 8.42 Å². The summed E-state index contributed by atoms with van der Waals surface area (Å²) in [5.74, 6) is 0.986. The van der Waals surface area contributed by atoms with Gasteiger partial charge in [-0.05, 0) is 56.8 Å². The fourth-order valence-electron chi connectivity index (χ4n) is 1.91. The lowest BCUT2D eigenvalue weighted by molar-refractivity contribution is 0.522. The van der Waals surface area contributed by atoms with E-state index in [1.54, 1.807) is 11.3 Å². The molecule has 0 aliphatic carbocycles. The van der Waals surface area contributed by atoms with E-state index in [-0.39, 0.29) is 5.92 Å². The van der Waals surface area contributed by atoms with Gasteiger partial charge in [0.2, 0.25) is 0 Å². The van der Waals surface area contributed by atoms with Crippen molar-refractivity contribution in [3.05, 3.63) is 19.2 Å². The third kappa shape index (κ3) is 4.02. The first-order valence-corrected chi connectivity index (χ1v) is 9.53. The molecule has 1 saturated heterocycles. The van der Waals surface area contributed by atoms with Crippen LogP contribution in [-0.2, 0) is 16.4 Å². The van der Waals surface area contributed by atoms with Crippen LogP contribution in [0.3, 0.4) is 0 Å². The number of hydrogen-bond donors (Lipinski definition) is 1. The molecule has 0 amide bonds. The van der Waals surface area contributed by atoms with Gasteiger partial charge in [-0.1, -0.05) is 0 Å². The normalized spacial score (nSPS) is 23.1. The summed E-state index contributed by atoms with van der Waals surface area (Å²) in [5, 5.41) is 3.33. The molecule has 1 aliphatic rings. The van der Waals surface area contributed by atoms with Crippen LogP contribution >= 0.6 is 43.2 Å². The molecular weight excluding hydrogens is 390 g/mol. The van der Waals surface area contributed by atoms with Crippen molar-refractivity contribution in [1.29, 1.82) is 0 Å². The van der Waals surface area contributed by atoms with Crippen LogP contribution in [0.25, 0.3) is 0 Å². The van der Waals surface area contributed by atoms with Crippen molar-refractivity contribution in [3.8, 4) is 0 Å². The van der Waals surface area contributed by atoms with E-state index in [1.165, 1.54) is 4.88 Å². The Bertz CT molecular complexity index is 479. The largest absolute Gasteiger partial charge is 0.312 e. The molecule has 1 aromatic heterocycles. The van der Waals surface area contributed by atoms with E-state index in [0.29, 0.717) is 11.5 Å². The standard InChI is InChI=1S/C10H13Br2NO2S2/c11-9-3-8(16-10(9)12)5-13-4-7-1-2-17(14,15)6-7/h3,7,13H,1-2,4-6H2. The van der Waals surface area contributed by atoms with Gasteiger partial charge in [0.15, 0.2) is 9.84 Å². The second kappa shape index (κ2) is 5.69. The van der Waals surface area contributed by atoms with Crippen molar-refractivity contribution in [2.75, 3.05) is 18.1 Å². The first kappa shape index (κ1) is 14.0. The molecule has 0 aromatic carbocycles. The summed E-state index contributed by atoms with van der Waals surface area (Å²) < 4.78 is 24.7. The summed E-state index contributed by atoms with van der Waals surface area (Å²) in [6, 6.07) is 2.08. The Hall–Kier alpha value is 0.570. The zero-order chi connectivity index (χ0) is 12.5. The highest BCUT2D eigenvalue weighted by Gasteiger charge is 2.27. The highest BCUT2D eigenvalue weighted by molar-refractivity contribution is 9.13. The van der Waals surface area contributed by atoms with Gasteiger partial charge in [0.25, 0.3) is 0 Å². The highest BCUT2D eigenvalue weighted by Crippen LogP contribution is 2.32. The molecule has 0 bridgehead atoms. The Morgan fingerprint density at radius 2 is 2.24 bits per heavy atom. The van der Waals surface area contributed by atoms with Crippen molar-refractivity contribution in [2.24, 2.45) is 5.92 Å². The van der Waals surface area contributed by atoms with Gasteiger partial charge < -0.3 is 5.32 Å². The van der Waals surface area contributed by atoms with Gasteiger partial charge >= 0.3 is 0 Å². The second-order valence-electron chi connectivity index (χ2n) is 4.23. The fraction of sp³-hybridized carbons (Fsp3) is 0.600. The molecule has 2 rings (SSSR count). The molecule has 1 aromatic rings. The van der Waals surface area contributed by atoms with E-state index in [0.717, 1.165) is 27.8 Å². The van der Waals surface area contributed by atoms with E-state index < -0.39 is 9.84 Å². The van der Waals surface area contributed by atoms with Gasteiger partial charge in [0.1, 0.15) is 0 Å². The molecule has 96 valence electrons. The fourth-order valence-corrected chi connectivity index (χ4v) is 5.92. The minimum atomic E-state index is -2.75. The molecule has 1 aliphatic heterocycles. The average Bonchev–Trinajstić information content (AvgIpc) is 2.72. The molecule has 1 unspecified atom stereocenters. The number of halogens is 2. The Morgan fingerprint density at radius 3 is 2.76 bits per heavy atom. The molecular formula is C10H13Br2NO2S2. The molecule has 1 fully saturated rings. The lowest BCUT2D eigenvalue weighted by Gasteiger charge is -2.08. The van der Waals surface area contributed by atoms with E-state index >= 15 is 0 Å². The minimum absolute atomic E-state index is 0.284. The summed E-state index contributed by atoms with van der Waals surface area (Å²) in [6.45, 7) is 1.58. The molecule has 0 radical (unpaired) electrons. The van der Waals surface area contributed by atoms with Crippen LogP contribution in [0.5, 0.6) is 0 Å². The highest BCUT2D eigenvalue weighted by atomic mass is 79.9. The number of sulfone groups is 1. The molecule has 7 heteroatoms. The van der Waals surface area contributed by atoms with Gasteiger partial charge in [0.05, 0.1) is 15.3 Å². The number of nitrogens with one attached hydrogen (secondary N) is 1. The Morgan fingerprint density at radius 1 is 1.47 bits per heavy atom. The molecule has 0 spiro atoms. The van der Waals surface area contributed by atoms with Gasteiger partial charge in [-0.2, -0.15) is 0 Å². The molecule has 1 atom stereocenters. The maximum absolute atomic E-state index is 11.3. The predicted octanol–water partition coefficient (Wildman–Crippen LogP) is 2.80. The summed E-state index contributed by atoms with van der Waals surface area (Å²) in [4.78, 5) is 1.24. The van der Waals surface area contributed by atoms with Gasteiger partial charge in [-0.15, -0.1) is 11.3 Å².